The van der Waals surface area contributed by atoms with E-state index in [4.69, 9.17) is 9.57 Å². The molecule has 3 rings (SSSR count). The Hall–Kier alpha value is -4.57. The van der Waals surface area contributed by atoms with E-state index in [-0.39, 0.29) is 18.9 Å². The molecule has 2 aromatic carbocycles. The van der Waals surface area contributed by atoms with Crippen LogP contribution in [-0.2, 0) is 37.0 Å². The number of carbonyl (C=O) groups excluding carboxylic acids is 4. The normalized spacial score (nSPS) is 12.1. The average molecular weight is 575 g/mol. The lowest BCUT2D eigenvalue weighted by Gasteiger charge is -2.32. The number of nitrogens with zero attached hydrogens (tertiary/aromatic N) is 3. The van der Waals surface area contributed by atoms with E-state index in [9.17, 15) is 19.2 Å². The third kappa shape index (κ3) is 9.52. The molecular weight excluding hydrogens is 536 g/mol. The Morgan fingerprint density at radius 2 is 1.60 bits per heavy atom. The molecule has 10 nitrogen and oxygen atoms in total. The summed E-state index contributed by atoms with van der Waals surface area (Å²) in [6, 6.07) is 19.5. The zero-order chi connectivity index (χ0) is 30.3. The van der Waals surface area contributed by atoms with Crippen molar-refractivity contribution in [2.24, 2.45) is 0 Å². The third-order valence-electron chi connectivity index (χ3n) is 6.68. The number of hydroxylamine groups is 2. The number of amides is 3. The monoisotopic (exact) mass is 574 g/mol. The van der Waals surface area contributed by atoms with Gasteiger partial charge in [-0.05, 0) is 29.7 Å². The maximum atomic E-state index is 14.0. The molecule has 3 aromatic rings. The second-order valence-electron chi connectivity index (χ2n) is 9.73. The topological polar surface area (TPSA) is 118 Å². The Morgan fingerprint density at radius 3 is 2.19 bits per heavy atom. The Morgan fingerprint density at radius 1 is 0.929 bits per heavy atom. The Bertz CT molecular complexity index is 1290. The van der Waals surface area contributed by atoms with Crippen LogP contribution in [-0.4, -0.2) is 71.4 Å². The lowest BCUT2D eigenvalue weighted by molar-refractivity contribution is -0.173. The van der Waals surface area contributed by atoms with Gasteiger partial charge in [0, 0.05) is 32.4 Å². The van der Waals surface area contributed by atoms with Crippen LogP contribution in [0, 0.1) is 0 Å². The third-order valence-corrected chi connectivity index (χ3v) is 6.68. The molecule has 0 saturated carbocycles. The first-order chi connectivity index (χ1) is 20.3. The zero-order valence-electron chi connectivity index (χ0n) is 24.3. The molecule has 222 valence electrons. The van der Waals surface area contributed by atoms with Gasteiger partial charge in [-0.2, -0.15) is 0 Å². The molecule has 3 amide bonds. The van der Waals surface area contributed by atoms with Crippen molar-refractivity contribution >= 4 is 23.7 Å². The summed E-state index contributed by atoms with van der Waals surface area (Å²) in [7, 11) is 2.69. The minimum Gasteiger partial charge on any atom is -0.461 e. The number of benzene rings is 2. The van der Waals surface area contributed by atoms with Crippen LogP contribution in [0.3, 0.4) is 0 Å². The Balaban J connectivity index is 1.89. The highest BCUT2D eigenvalue weighted by Gasteiger charge is 2.35. The Kier molecular flexibility index (Phi) is 12.7. The summed E-state index contributed by atoms with van der Waals surface area (Å²) in [4.78, 5) is 64.3. The average Bonchev–Trinajstić information content (AvgIpc) is 3.03. The molecule has 0 aliphatic carbocycles. The quantitative estimate of drug-likeness (QED) is 0.218. The van der Waals surface area contributed by atoms with E-state index in [2.05, 4.69) is 10.3 Å². The van der Waals surface area contributed by atoms with Crippen LogP contribution in [0.25, 0.3) is 0 Å². The number of hydrogen-bond acceptors (Lipinski definition) is 7. The van der Waals surface area contributed by atoms with Crippen LogP contribution in [0.15, 0.2) is 85.2 Å². The van der Waals surface area contributed by atoms with Crippen molar-refractivity contribution in [3.63, 3.8) is 0 Å². The van der Waals surface area contributed by atoms with Gasteiger partial charge in [0.1, 0.15) is 18.7 Å². The van der Waals surface area contributed by atoms with E-state index in [0.29, 0.717) is 18.5 Å². The van der Waals surface area contributed by atoms with Crippen LogP contribution < -0.4 is 5.32 Å². The minimum atomic E-state index is -1.29. The summed E-state index contributed by atoms with van der Waals surface area (Å²) in [6.07, 6.45) is 4.26. The summed E-state index contributed by atoms with van der Waals surface area (Å²) < 4.78 is 5.38. The summed E-state index contributed by atoms with van der Waals surface area (Å²) in [6.45, 7) is 2.33. The molecule has 0 aliphatic rings. The number of unbranched alkanes of at least 4 members (excludes halogenated alkanes) is 1. The van der Waals surface area contributed by atoms with Gasteiger partial charge in [0.25, 0.3) is 11.8 Å². The van der Waals surface area contributed by atoms with Crippen molar-refractivity contribution in [3.05, 3.63) is 102 Å². The van der Waals surface area contributed by atoms with Crippen molar-refractivity contribution in [1.29, 1.82) is 0 Å². The summed E-state index contributed by atoms with van der Waals surface area (Å²) in [5.41, 5.74) is 1.96. The number of nitrogens with one attached hydrogen (secondary N) is 1. The van der Waals surface area contributed by atoms with Gasteiger partial charge >= 0.3 is 5.97 Å². The molecule has 1 heterocycles. The molecule has 0 radical (unpaired) electrons. The number of aromatic nitrogens is 1. The van der Waals surface area contributed by atoms with Crippen LogP contribution in [0.1, 0.15) is 47.7 Å². The highest BCUT2D eigenvalue weighted by Crippen LogP contribution is 2.16. The molecular formula is C32H38N4O6. The second kappa shape index (κ2) is 16.6. The van der Waals surface area contributed by atoms with Gasteiger partial charge in [0.05, 0.1) is 19.1 Å². The largest absolute Gasteiger partial charge is 0.461 e. The van der Waals surface area contributed by atoms with Gasteiger partial charge in [-0.3, -0.25) is 29.0 Å². The number of pyridine rings is 1. The zero-order valence-corrected chi connectivity index (χ0v) is 24.3. The SMILES string of the molecule is CCCCN(C(=O)c1cccnc1)C(Cc1ccccc1)C(=O)N[C@@H](CC(=O)OCc1ccccc1)C(=O)N(C)OC. The van der Waals surface area contributed by atoms with E-state index < -0.39 is 36.3 Å². The van der Waals surface area contributed by atoms with Crippen molar-refractivity contribution in [1.82, 2.24) is 20.3 Å². The fourth-order valence-corrected chi connectivity index (χ4v) is 4.31. The van der Waals surface area contributed by atoms with E-state index in [1.54, 1.807) is 18.3 Å². The lowest BCUT2D eigenvalue weighted by atomic mass is 10.0. The van der Waals surface area contributed by atoms with Gasteiger partial charge in [-0.1, -0.05) is 74.0 Å². The number of likely N-dealkylation sites (N-methyl/N-ethyl adjacent to an activating group) is 1. The van der Waals surface area contributed by atoms with E-state index in [1.165, 1.54) is 25.3 Å². The second-order valence-corrected chi connectivity index (χ2v) is 9.73. The first-order valence-electron chi connectivity index (χ1n) is 13.9. The standard InChI is InChI=1S/C32H38N4O6/c1-4-5-19-36(31(39)26-17-12-18-33-22-26)28(20-24-13-8-6-9-14-24)30(38)34-27(32(40)35(2)41-3)21-29(37)42-23-25-15-10-7-11-16-25/h6-18,22,27-28H,4-5,19-21,23H2,1-3H3,(H,34,38)/t27-,28?/m0/s1. The van der Waals surface area contributed by atoms with Crippen LogP contribution >= 0.6 is 0 Å². The smallest absolute Gasteiger partial charge is 0.308 e. The fraction of sp³-hybridized carbons (Fsp3) is 0.344. The first-order valence-corrected chi connectivity index (χ1v) is 13.9. The summed E-state index contributed by atoms with van der Waals surface area (Å²) in [5, 5.41) is 3.67. The van der Waals surface area contributed by atoms with E-state index in [0.717, 1.165) is 22.6 Å². The highest BCUT2D eigenvalue weighted by molar-refractivity contribution is 5.98. The highest BCUT2D eigenvalue weighted by atomic mass is 16.7. The van der Waals surface area contributed by atoms with Gasteiger partial charge < -0.3 is 15.0 Å². The fourth-order valence-electron chi connectivity index (χ4n) is 4.31. The molecule has 2 atom stereocenters. The predicted molar refractivity (Wildman–Crippen MR) is 157 cm³/mol. The molecule has 42 heavy (non-hydrogen) atoms. The van der Waals surface area contributed by atoms with E-state index in [1.807, 2.05) is 67.6 Å². The van der Waals surface area contributed by atoms with Crippen molar-refractivity contribution in [2.45, 2.75) is 51.3 Å². The molecule has 0 saturated heterocycles. The van der Waals surface area contributed by atoms with Crippen LogP contribution in [0.5, 0.6) is 0 Å². The van der Waals surface area contributed by atoms with Crippen molar-refractivity contribution < 1.29 is 28.8 Å². The van der Waals surface area contributed by atoms with Crippen LogP contribution in [0.4, 0.5) is 0 Å². The molecule has 1 N–H and O–H groups in total. The number of hydrogen-bond donors (Lipinski definition) is 1. The molecule has 0 aliphatic heterocycles. The first kappa shape index (κ1) is 32.0. The van der Waals surface area contributed by atoms with Gasteiger partial charge in [-0.15, -0.1) is 0 Å². The predicted octanol–water partition coefficient (Wildman–Crippen LogP) is 3.57. The lowest BCUT2D eigenvalue weighted by Crippen LogP contribution is -2.56. The maximum absolute atomic E-state index is 14.0. The number of rotatable bonds is 15. The van der Waals surface area contributed by atoms with Gasteiger partial charge in [0.15, 0.2) is 0 Å². The Labute approximate surface area is 246 Å². The summed E-state index contributed by atoms with van der Waals surface area (Å²) >= 11 is 0. The summed E-state index contributed by atoms with van der Waals surface area (Å²) in [5.74, 6) is -2.24. The minimum absolute atomic E-state index is 0.0235. The molecule has 1 unspecified atom stereocenters. The van der Waals surface area contributed by atoms with Crippen molar-refractivity contribution in [3.8, 4) is 0 Å². The molecule has 1 aromatic heterocycles. The van der Waals surface area contributed by atoms with Gasteiger partial charge in [-0.25, -0.2) is 5.06 Å². The molecule has 0 fully saturated rings. The number of esters is 1. The molecule has 0 spiro atoms. The maximum Gasteiger partial charge on any atom is 0.308 e. The van der Waals surface area contributed by atoms with Crippen LogP contribution in [0.2, 0.25) is 0 Å². The number of ether oxygens (including phenoxy) is 1. The molecule has 10 heteroatoms. The number of carbonyl (C=O) groups is 4. The molecule has 0 bridgehead atoms. The van der Waals surface area contributed by atoms with Gasteiger partial charge in [0.2, 0.25) is 5.91 Å². The van der Waals surface area contributed by atoms with E-state index >= 15 is 0 Å². The van der Waals surface area contributed by atoms with Crippen molar-refractivity contribution in [2.75, 3.05) is 20.7 Å².